The van der Waals surface area contributed by atoms with Gasteiger partial charge in [0.2, 0.25) is 5.88 Å². The summed E-state index contributed by atoms with van der Waals surface area (Å²) >= 11 is 0. The number of amides is 2. The lowest BCUT2D eigenvalue weighted by Crippen LogP contribution is -2.41. The zero-order chi connectivity index (χ0) is 18.2. The molecule has 1 unspecified atom stereocenters. The SMILES string of the molecule is O=C(NCc1ccnc(OCC(F)(F)F)c1)NC1C[C@@H]2[C@H](C1)C2(F)F. The van der Waals surface area contributed by atoms with Crippen LogP contribution in [0.4, 0.5) is 26.7 Å². The molecule has 0 aromatic carbocycles. The summed E-state index contributed by atoms with van der Waals surface area (Å²) in [4.78, 5) is 15.4. The first-order valence-electron chi connectivity index (χ1n) is 7.72. The summed E-state index contributed by atoms with van der Waals surface area (Å²) in [5.74, 6) is -4.05. The molecule has 1 heterocycles. The van der Waals surface area contributed by atoms with Gasteiger partial charge in [-0.3, -0.25) is 0 Å². The average Bonchev–Trinajstić information content (AvgIpc) is 2.88. The van der Waals surface area contributed by atoms with Crippen molar-refractivity contribution >= 4 is 6.03 Å². The van der Waals surface area contributed by atoms with Gasteiger partial charge in [-0.1, -0.05) is 0 Å². The van der Waals surface area contributed by atoms with E-state index in [4.69, 9.17) is 0 Å². The van der Waals surface area contributed by atoms with Gasteiger partial charge in [0.1, 0.15) is 0 Å². The van der Waals surface area contributed by atoms with Crippen molar-refractivity contribution in [2.45, 2.75) is 37.5 Å². The lowest BCUT2D eigenvalue weighted by molar-refractivity contribution is -0.154. The van der Waals surface area contributed by atoms with Crippen molar-refractivity contribution in [1.82, 2.24) is 15.6 Å². The largest absolute Gasteiger partial charge is 0.468 e. The van der Waals surface area contributed by atoms with E-state index < -0.39 is 36.6 Å². The highest BCUT2D eigenvalue weighted by molar-refractivity contribution is 5.74. The fraction of sp³-hybridized carbons (Fsp3) is 0.600. The Labute approximate surface area is 139 Å². The number of halogens is 5. The minimum Gasteiger partial charge on any atom is -0.468 e. The Balaban J connectivity index is 1.42. The Morgan fingerprint density at radius 2 is 2.00 bits per heavy atom. The number of carbonyl (C=O) groups is 1. The number of pyridine rings is 1. The van der Waals surface area contributed by atoms with E-state index in [1.165, 1.54) is 18.3 Å². The van der Waals surface area contributed by atoms with Gasteiger partial charge in [-0.15, -0.1) is 0 Å². The Kier molecular flexibility index (Phi) is 4.46. The van der Waals surface area contributed by atoms with E-state index in [1.807, 2.05) is 0 Å². The molecule has 0 bridgehead atoms. The minimum atomic E-state index is -4.46. The average molecular weight is 365 g/mol. The number of fused-ring (bicyclic) bond motifs is 1. The molecule has 138 valence electrons. The number of hydrogen-bond donors (Lipinski definition) is 2. The van der Waals surface area contributed by atoms with E-state index in [0.717, 1.165) is 0 Å². The highest BCUT2D eigenvalue weighted by Gasteiger charge is 2.71. The molecule has 3 rings (SSSR count). The molecule has 10 heteroatoms. The molecule has 2 aliphatic rings. The van der Waals surface area contributed by atoms with E-state index in [9.17, 15) is 26.7 Å². The fourth-order valence-electron chi connectivity index (χ4n) is 3.14. The molecule has 2 saturated carbocycles. The van der Waals surface area contributed by atoms with Gasteiger partial charge in [0.25, 0.3) is 5.92 Å². The van der Waals surface area contributed by atoms with Gasteiger partial charge < -0.3 is 15.4 Å². The smallest absolute Gasteiger partial charge is 0.422 e. The van der Waals surface area contributed by atoms with E-state index >= 15 is 0 Å². The van der Waals surface area contributed by atoms with Gasteiger partial charge in [-0.05, 0) is 24.5 Å². The number of rotatable bonds is 5. The van der Waals surface area contributed by atoms with Crippen molar-refractivity contribution in [3.05, 3.63) is 23.9 Å². The second-order valence-electron chi connectivity index (χ2n) is 6.29. The first kappa shape index (κ1) is 17.7. The topological polar surface area (TPSA) is 63.2 Å². The second kappa shape index (κ2) is 6.30. The highest BCUT2D eigenvalue weighted by Crippen LogP contribution is 2.63. The molecule has 0 aliphatic heterocycles. The quantitative estimate of drug-likeness (QED) is 0.789. The van der Waals surface area contributed by atoms with Crippen LogP contribution in [0.2, 0.25) is 0 Å². The molecule has 2 amide bonds. The lowest BCUT2D eigenvalue weighted by atomic mass is 10.1. The van der Waals surface area contributed by atoms with Crippen LogP contribution in [0.15, 0.2) is 18.3 Å². The molecule has 2 aliphatic carbocycles. The predicted molar refractivity (Wildman–Crippen MR) is 76.1 cm³/mol. The van der Waals surface area contributed by atoms with Crippen LogP contribution in [0.1, 0.15) is 18.4 Å². The van der Waals surface area contributed by atoms with Crippen molar-refractivity contribution in [3.63, 3.8) is 0 Å². The summed E-state index contributed by atoms with van der Waals surface area (Å²) < 4.78 is 67.0. The molecule has 3 atom stereocenters. The molecule has 0 radical (unpaired) electrons. The standard InChI is InChI=1S/C15H16F5N3O2/c16-14(17,18)7-25-12-3-8(1-2-21-12)6-22-13(24)23-9-4-10-11(5-9)15(10,19)20/h1-3,9-11H,4-7H2,(H2,22,23,24)/t9?,10-,11+. The molecule has 0 spiro atoms. The Hall–Kier alpha value is -2.13. The third kappa shape index (κ3) is 4.29. The van der Waals surface area contributed by atoms with Crippen molar-refractivity contribution in [2.75, 3.05) is 6.61 Å². The van der Waals surface area contributed by atoms with Crippen LogP contribution >= 0.6 is 0 Å². The van der Waals surface area contributed by atoms with Gasteiger partial charge in [-0.2, -0.15) is 13.2 Å². The maximum Gasteiger partial charge on any atom is 0.422 e. The van der Waals surface area contributed by atoms with Gasteiger partial charge in [0.05, 0.1) is 0 Å². The monoisotopic (exact) mass is 365 g/mol. The predicted octanol–water partition coefficient (Wildman–Crippen LogP) is 2.87. The molecular formula is C15H16F5N3O2. The number of carbonyl (C=O) groups excluding carboxylic acids is 1. The number of urea groups is 1. The zero-order valence-corrected chi connectivity index (χ0v) is 12.9. The number of hydrogen-bond acceptors (Lipinski definition) is 3. The van der Waals surface area contributed by atoms with Crippen LogP contribution in [-0.2, 0) is 6.54 Å². The molecule has 2 fully saturated rings. The van der Waals surface area contributed by atoms with E-state index in [1.54, 1.807) is 0 Å². The van der Waals surface area contributed by atoms with Crippen molar-refractivity contribution in [3.8, 4) is 5.88 Å². The van der Waals surface area contributed by atoms with Crippen LogP contribution in [0.5, 0.6) is 5.88 Å². The molecule has 0 saturated heterocycles. The Morgan fingerprint density at radius 3 is 2.64 bits per heavy atom. The summed E-state index contributed by atoms with van der Waals surface area (Å²) in [5.41, 5.74) is 0.503. The Bertz CT molecular complexity index is 638. The van der Waals surface area contributed by atoms with Crippen LogP contribution in [-0.4, -0.2) is 35.8 Å². The van der Waals surface area contributed by atoms with Crippen LogP contribution < -0.4 is 15.4 Å². The molecule has 25 heavy (non-hydrogen) atoms. The van der Waals surface area contributed by atoms with Crippen LogP contribution in [0.3, 0.4) is 0 Å². The molecule has 1 aromatic heterocycles. The van der Waals surface area contributed by atoms with Crippen molar-refractivity contribution in [1.29, 1.82) is 0 Å². The second-order valence-corrected chi connectivity index (χ2v) is 6.29. The number of alkyl halides is 5. The summed E-state index contributed by atoms with van der Waals surface area (Å²) in [6.07, 6.45) is -2.67. The number of nitrogens with one attached hydrogen (secondary N) is 2. The van der Waals surface area contributed by atoms with E-state index in [-0.39, 0.29) is 31.3 Å². The van der Waals surface area contributed by atoms with Crippen LogP contribution in [0.25, 0.3) is 0 Å². The van der Waals surface area contributed by atoms with Gasteiger partial charge in [0.15, 0.2) is 6.61 Å². The normalized spacial score (nSPS) is 26.7. The Morgan fingerprint density at radius 1 is 1.32 bits per heavy atom. The van der Waals surface area contributed by atoms with E-state index in [0.29, 0.717) is 5.56 Å². The maximum absolute atomic E-state index is 13.1. The lowest BCUT2D eigenvalue weighted by Gasteiger charge is -2.16. The molecule has 2 N–H and O–H groups in total. The number of aromatic nitrogens is 1. The van der Waals surface area contributed by atoms with Gasteiger partial charge in [0, 0.05) is 36.7 Å². The number of ether oxygens (including phenoxy) is 1. The fourth-order valence-corrected chi connectivity index (χ4v) is 3.14. The van der Waals surface area contributed by atoms with Crippen molar-refractivity contribution < 1.29 is 31.5 Å². The highest BCUT2D eigenvalue weighted by atomic mass is 19.4. The van der Waals surface area contributed by atoms with Gasteiger partial charge >= 0.3 is 12.2 Å². The van der Waals surface area contributed by atoms with Gasteiger partial charge in [-0.25, -0.2) is 18.6 Å². The number of nitrogens with zero attached hydrogens (tertiary/aromatic N) is 1. The third-order valence-electron chi connectivity index (χ3n) is 4.41. The summed E-state index contributed by atoms with van der Waals surface area (Å²) in [6.45, 7) is -1.40. The molecule has 1 aromatic rings. The first-order chi connectivity index (χ1) is 11.6. The minimum absolute atomic E-state index is 0.0481. The first-order valence-corrected chi connectivity index (χ1v) is 7.72. The molecule has 5 nitrogen and oxygen atoms in total. The molecular weight excluding hydrogens is 349 g/mol. The summed E-state index contributed by atoms with van der Waals surface area (Å²) in [6, 6.07) is 2.02. The van der Waals surface area contributed by atoms with Crippen molar-refractivity contribution in [2.24, 2.45) is 11.8 Å². The zero-order valence-electron chi connectivity index (χ0n) is 12.9. The maximum atomic E-state index is 13.1. The summed E-state index contributed by atoms with van der Waals surface area (Å²) in [7, 11) is 0. The van der Waals surface area contributed by atoms with Crippen LogP contribution in [0, 0.1) is 11.8 Å². The van der Waals surface area contributed by atoms with E-state index in [2.05, 4.69) is 20.4 Å². The third-order valence-corrected chi connectivity index (χ3v) is 4.41. The summed E-state index contributed by atoms with van der Waals surface area (Å²) in [5, 5.41) is 5.16.